The molecule has 0 unspecified atom stereocenters. The average molecular weight is 1280 g/mol. The van der Waals surface area contributed by atoms with Crippen LogP contribution in [-0.2, 0) is 42.6 Å². The standard InChI is InChI=1S/C19H16O6.C12H11ClO3.C8H6O3.C7H6O3.C5H11N.C5H5N.C5H8O4.Cl2OS/c1-2-24-17(20)12-5-13-3-6-15(7-4-13)19(23)25-16-10-8-14(9-11-16)18(21)22;1-2-16-11(14)8-5-9-3-6-10(7-4-9)12(13)15;9-5-6-1-3-7(4-2-6)8(10)11;8-6-3-1-5(2-4-6)7(9)10;2*1-2-4-6-5-3-1;1-2-9-5(8)3-4(6)7;1-4(2)3/h3-12H,2H2,1H3,(H,21,22);3-8H,2H2,1H3;1-5H,(H,10,11);1-4,8H,(H,9,10);6H,1-5H2;1-5H;2-3H2,1H3,(H,6,7);/b12-5+;8-5+;;;;;;. The lowest BCUT2D eigenvalue weighted by atomic mass is 10.1. The lowest BCUT2D eigenvalue weighted by molar-refractivity contribution is -0.151. The second-order valence-corrected chi connectivity index (χ2v) is 19.1. The zero-order valence-electron chi connectivity index (χ0n) is 47.0. The molecule has 0 spiro atoms. The summed E-state index contributed by atoms with van der Waals surface area (Å²) in [5, 5.41) is 45.2. The number of phenolic OH excluding ortho intramolecular Hbond substituents is 1. The fourth-order valence-corrected chi connectivity index (χ4v) is 5.88. The van der Waals surface area contributed by atoms with Crippen LogP contribution >= 0.6 is 33.0 Å². The summed E-state index contributed by atoms with van der Waals surface area (Å²) in [5.41, 5.74) is 3.25. The summed E-state index contributed by atoms with van der Waals surface area (Å²) in [6.45, 7) is 8.48. The first-order valence-electron chi connectivity index (χ1n) is 25.6. The molecular weight excluding hydrogens is 1220 g/mol. The minimum Gasteiger partial charge on any atom is -0.508 e. The quantitative estimate of drug-likeness (QED) is 0.00997. The van der Waals surface area contributed by atoms with E-state index in [1.165, 1.54) is 117 Å². The number of ether oxygens (including phenoxy) is 4. The van der Waals surface area contributed by atoms with Gasteiger partial charge in [0, 0.05) is 57.0 Å². The maximum atomic E-state index is 12.1. The van der Waals surface area contributed by atoms with Crippen molar-refractivity contribution in [1.29, 1.82) is 0 Å². The molecule has 0 aliphatic carbocycles. The maximum Gasteiger partial charge on any atom is 0.343 e. The van der Waals surface area contributed by atoms with Gasteiger partial charge in [0.25, 0.3) is 5.24 Å². The molecule has 5 aromatic carbocycles. The third-order valence-corrected chi connectivity index (χ3v) is 9.99. The molecule has 7 rings (SSSR count). The number of aromatic nitrogens is 1. The van der Waals surface area contributed by atoms with E-state index in [-0.39, 0.29) is 40.8 Å². The highest BCUT2D eigenvalue weighted by atomic mass is 36.0. The number of carbonyl (C=O) groups excluding carboxylic acids is 6. The average Bonchev–Trinajstić information content (AvgIpc) is 3.61. The summed E-state index contributed by atoms with van der Waals surface area (Å²) in [7, 11) is 7.36. The van der Waals surface area contributed by atoms with Gasteiger partial charge in [-0.2, -0.15) is 0 Å². The molecule has 26 heteroatoms. The zero-order chi connectivity index (χ0) is 65.4. The number of benzene rings is 5. The molecule has 1 aliphatic heterocycles. The zero-order valence-corrected chi connectivity index (χ0v) is 50.1. The molecule has 6 N–H and O–H groups in total. The molecule has 0 radical (unpaired) electrons. The Morgan fingerprint density at radius 1 is 0.540 bits per heavy atom. The molecule has 1 aromatic heterocycles. The predicted octanol–water partition coefficient (Wildman–Crippen LogP) is 11.0. The van der Waals surface area contributed by atoms with Crippen molar-refractivity contribution < 1.29 is 96.6 Å². The van der Waals surface area contributed by atoms with Crippen LogP contribution in [0.15, 0.2) is 164 Å². The van der Waals surface area contributed by atoms with Crippen molar-refractivity contribution in [2.75, 3.05) is 32.9 Å². The topological polar surface area (TPSA) is 351 Å². The molecule has 0 amide bonds. The Kier molecular flexibility index (Phi) is 42.7. The van der Waals surface area contributed by atoms with E-state index in [1.54, 1.807) is 93.8 Å². The van der Waals surface area contributed by atoms with E-state index in [0.29, 0.717) is 36.2 Å². The van der Waals surface area contributed by atoms with Crippen LogP contribution in [0.3, 0.4) is 0 Å². The number of aromatic hydroxyl groups is 1. The number of carboxylic acid groups (broad SMARTS) is 4. The number of pyridine rings is 1. The normalized spacial score (nSPS) is 10.6. The number of nitrogens with one attached hydrogen (secondary N) is 1. The number of hydrogen-bond acceptors (Lipinski definition) is 18. The number of aldehydes is 1. The number of halogens is 3. The van der Waals surface area contributed by atoms with Crippen LogP contribution in [0.1, 0.15) is 120 Å². The van der Waals surface area contributed by atoms with Gasteiger partial charge < -0.3 is 49.8 Å². The number of carbonyl (C=O) groups is 10. The summed E-state index contributed by atoms with van der Waals surface area (Å²) in [6.07, 6.45) is 13.7. The maximum absolute atomic E-state index is 12.1. The van der Waals surface area contributed by atoms with Gasteiger partial charge in [0.15, 0.2) is 0 Å². The van der Waals surface area contributed by atoms with Gasteiger partial charge in [0.05, 0.1) is 42.1 Å². The first-order chi connectivity index (χ1) is 41.5. The van der Waals surface area contributed by atoms with Crippen LogP contribution in [0.5, 0.6) is 11.5 Å². The van der Waals surface area contributed by atoms with E-state index in [4.69, 9.17) is 55.6 Å². The molecule has 22 nitrogen and oxygen atoms in total. The fraction of sp³-hybridized carbons (Fsp3) is 0.197. The van der Waals surface area contributed by atoms with E-state index in [9.17, 15) is 47.9 Å². The summed E-state index contributed by atoms with van der Waals surface area (Å²) in [6, 6.07) is 35.4. The third kappa shape index (κ3) is 41.3. The third-order valence-electron chi connectivity index (χ3n) is 9.78. The van der Waals surface area contributed by atoms with E-state index >= 15 is 0 Å². The van der Waals surface area contributed by atoms with Gasteiger partial charge in [-0.25, -0.2) is 33.0 Å². The van der Waals surface area contributed by atoms with Gasteiger partial charge in [-0.3, -0.25) is 24.2 Å². The molecule has 0 atom stereocenters. The number of aliphatic carboxylic acids is 1. The van der Waals surface area contributed by atoms with Crippen molar-refractivity contribution in [3.05, 3.63) is 209 Å². The van der Waals surface area contributed by atoms with Gasteiger partial charge in [0.2, 0.25) is 9.23 Å². The van der Waals surface area contributed by atoms with Gasteiger partial charge in [-0.15, -0.1) is 0 Å². The monoisotopic (exact) mass is 1280 g/mol. The van der Waals surface area contributed by atoms with E-state index in [0.717, 1.165) is 11.1 Å². The number of aromatic carboxylic acids is 3. The Bertz CT molecular complexity index is 3080. The first-order valence-corrected chi connectivity index (χ1v) is 28.8. The lowest BCUT2D eigenvalue weighted by Crippen LogP contribution is -2.21. The Morgan fingerprint density at radius 3 is 1.23 bits per heavy atom. The molecule has 87 heavy (non-hydrogen) atoms. The molecule has 6 aromatic rings. The van der Waals surface area contributed by atoms with Crippen molar-refractivity contribution in [1.82, 2.24) is 10.3 Å². The van der Waals surface area contributed by atoms with Crippen LogP contribution in [0.2, 0.25) is 0 Å². The van der Waals surface area contributed by atoms with E-state index in [2.05, 4.69) is 36.4 Å². The Hall–Kier alpha value is -9.39. The number of hydrogen-bond donors (Lipinski definition) is 6. The highest BCUT2D eigenvalue weighted by molar-refractivity contribution is 8.26. The second kappa shape index (κ2) is 47.9. The second-order valence-electron chi connectivity index (χ2n) is 16.2. The highest BCUT2D eigenvalue weighted by Gasteiger charge is 2.10. The Balaban J connectivity index is 0.00000104. The molecule has 464 valence electrons. The van der Waals surface area contributed by atoms with Gasteiger partial charge in [-0.05, 0) is 179 Å². The van der Waals surface area contributed by atoms with E-state index in [1.807, 2.05) is 18.2 Å². The van der Waals surface area contributed by atoms with Crippen molar-refractivity contribution in [2.45, 2.75) is 46.5 Å². The fourth-order valence-electron chi connectivity index (χ4n) is 5.75. The number of phenols is 1. The molecule has 0 saturated carbocycles. The molecule has 1 fully saturated rings. The number of esters is 4. The minimum atomic E-state index is -1.67. The van der Waals surface area contributed by atoms with Crippen LogP contribution in [0, 0.1) is 0 Å². The number of rotatable bonds is 16. The van der Waals surface area contributed by atoms with Gasteiger partial charge in [-0.1, -0.05) is 48.9 Å². The van der Waals surface area contributed by atoms with Crippen LogP contribution < -0.4 is 10.1 Å². The summed E-state index contributed by atoms with van der Waals surface area (Å²) < 4.78 is 28.1. The van der Waals surface area contributed by atoms with E-state index < -0.39 is 62.7 Å². The van der Waals surface area contributed by atoms with Crippen molar-refractivity contribution in [3.63, 3.8) is 0 Å². The van der Waals surface area contributed by atoms with Gasteiger partial charge >= 0.3 is 47.8 Å². The molecule has 1 aliphatic rings. The van der Waals surface area contributed by atoms with Crippen molar-refractivity contribution in [3.8, 4) is 11.5 Å². The largest absolute Gasteiger partial charge is 0.508 e. The van der Waals surface area contributed by atoms with Crippen LogP contribution in [0.25, 0.3) is 12.2 Å². The van der Waals surface area contributed by atoms with Crippen molar-refractivity contribution >= 4 is 114 Å². The Labute approximate surface area is 517 Å². The van der Waals surface area contributed by atoms with Crippen molar-refractivity contribution in [2.24, 2.45) is 0 Å². The molecule has 0 bridgehead atoms. The van der Waals surface area contributed by atoms with Crippen LogP contribution in [-0.4, -0.2) is 127 Å². The molecule has 1 saturated heterocycles. The lowest BCUT2D eigenvalue weighted by Gasteiger charge is -2.08. The molecular formula is C61H63Cl3N2O20S. The minimum absolute atomic E-state index is 0.0741. The van der Waals surface area contributed by atoms with Crippen LogP contribution in [0.4, 0.5) is 0 Å². The smallest absolute Gasteiger partial charge is 0.343 e. The molecule has 2 heterocycles. The number of carboxylic acids is 4. The Morgan fingerprint density at radius 2 is 0.920 bits per heavy atom. The van der Waals surface area contributed by atoms with Gasteiger partial charge in [0.1, 0.15) is 24.2 Å². The summed E-state index contributed by atoms with van der Waals surface area (Å²) >= 11 is 5.29. The highest BCUT2D eigenvalue weighted by Crippen LogP contribution is 2.16. The first kappa shape index (κ1) is 77.6. The summed E-state index contributed by atoms with van der Waals surface area (Å²) in [4.78, 5) is 110. The predicted molar refractivity (Wildman–Crippen MR) is 326 cm³/mol. The number of piperidine rings is 1. The summed E-state index contributed by atoms with van der Waals surface area (Å²) in [5.74, 6) is -5.93. The SMILES string of the molecule is C1CCNCC1.CCOC(=O)/C=C/c1ccc(C(=O)Cl)cc1.CCOC(=O)/C=C/c1ccc(C(=O)Oc2ccc(C(=O)O)cc2)cc1.CCOC(=O)CC(=O)O.O=C(O)c1ccc(O)cc1.O=Cc1ccc(C(=O)O)cc1.O=S(Cl)Cl.c1ccncc1. The number of nitrogens with zero attached hydrogens (tertiary/aromatic N) is 1.